The van der Waals surface area contributed by atoms with Gasteiger partial charge in [0, 0.05) is 17.6 Å². The molecule has 22 heavy (non-hydrogen) atoms. The van der Waals surface area contributed by atoms with E-state index in [0.717, 1.165) is 31.6 Å². The molecule has 1 aromatic rings. The van der Waals surface area contributed by atoms with Crippen molar-refractivity contribution in [3.63, 3.8) is 0 Å². The second kappa shape index (κ2) is 5.28. The lowest BCUT2D eigenvalue weighted by Gasteiger charge is -2.36. The molecule has 3 fully saturated rings. The maximum absolute atomic E-state index is 12.8. The number of piperidine rings is 1. The lowest BCUT2D eigenvalue weighted by atomic mass is 9.94. The maximum Gasteiger partial charge on any atom is 0.254 e. The van der Waals surface area contributed by atoms with Crippen molar-refractivity contribution in [3.8, 4) is 6.07 Å². The first-order chi connectivity index (χ1) is 10.7. The highest BCUT2D eigenvalue weighted by Crippen LogP contribution is 2.41. The van der Waals surface area contributed by atoms with E-state index in [9.17, 15) is 4.79 Å². The number of nitrogens with zero attached hydrogens (tertiary/aromatic N) is 2. The number of rotatable bonds is 2. The molecule has 2 unspecified atom stereocenters. The van der Waals surface area contributed by atoms with E-state index in [2.05, 4.69) is 17.0 Å². The highest BCUT2D eigenvalue weighted by molar-refractivity contribution is 5.95. The molecule has 3 aliphatic rings. The van der Waals surface area contributed by atoms with Crippen molar-refractivity contribution in [2.45, 2.75) is 50.6 Å². The Morgan fingerprint density at radius 3 is 2.27 bits per heavy atom. The minimum Gasteiger partial charge on any atom is -0.332 e. The second-order valence-electron chi connectivity index (χ2n) is 6.86. The van der Waals surface area contributed by atoms with Crippen LogP contribution in [0.4, 0.5) is 0 Å². The molecule has 0 N–H and O–H groups in total. The van der Waals surface area contributed by atoms with E-state index in [1.54, 1.807) is 29.8 Å². The summed E-state index contributed by atoms with van der Waals surface area (Å²) in [5, 5.41) is 8.86. The topological polar surface area (TPSA) is 44.1 Å². The van der Waals surface area contributed by atoms with Crippen molar-refractivity contribution in [1.82, 2.24) is 4.90 Å². The summed E-state index contributed by atoms with van der Waals surface area (Å²) in [5.41, 5.74) is 2.90. The summed E-state index contributed by atoms with van der Waals surface area (Å²) in [6.45, 7) is 0. The molecule has 2 saturated heterocycles. The summed E-state index contributed by atoms with van der Waals surface area (Å²) in [6.07, 6.45) is 9.59. The number of carbonyl (C=O) groups is 1. The van der Waals surface area contributed by atoms with Crippen LogP contribution in [0, 0.1) is 17.2 Å². The molecular formula is C19H20N2O. The van der Waals surface area contributed by atoms with Crippen LogP contribution in [-0.2, 0) is 0 Å². The molecule has 0 aromatic heterocycles. The number of fused-ring (bicyclic) bond motifs is 2. The lowest BCUT2D eigenvalue weighted by molar-refractivity contribution is 0.0634. The smallest absolute Gasteiger partial charge is 0.254 e. The summed E-state index contributed by atoms with van der Waals surface area (Å²) in [4.78, 5) is 14.9. The predicted octanol–water partition coefficient (Wildman–Crippen LogP) is 3.66. The first-order valence-corrected chi connectivity index (χ1v) is 8.27. The van der Waals surface area contributed by atoms with Gasteiger partial charge in [0.2, 0.25) is 0 Å². The molecule has 0 radical (unpaired) electrons. The summed E-state index contributed by atoms with van der Waals surface area (Å²) >= 11 is 0. The number of amides is 1. The second-order valence-corrected chi connectivity index (χ2v) is 6.86. The van der Waals surface area contributed by atoms with Gasteiger partial charge < -0.3 is 4.90 Å². The number of nitriles is 1. The van der Waals surface area contributed by atoms with Gasteiger partial charge in [0.25, 0.3) is 5.91 Å². The van der Waals surface area contributed by atoms with Crippen LogP contribution in [0.5, 0.6) is 0 Å². The molecular weight excluding hydrogens is 272 g/mol. The zero-order chi connectivity index (χ0) is 15.1. The van der Waals surface area contributed by atoms with Gasteiger partial charge in [-0.25, -0.2) is 0 Å². The molecule has 112 valence electrons. The van der Waals surface area contributed by atoms with Crippen LogP contribution in [0.1, 0.15) is 54.4 Å². The molecule has 2 heterocycles. The third-order valence-electron chi connectivity index (χ3n) is 5.20. The summed E-state index contributed by atoms with van der Waals surface area (Å²) in [5.74, 6) is 0.970. The standard InChI is InChI=1S/C19H20N2O/c20-12-14-3-5-16(6-4-14)19(22)21-17-7-8-18(21)11-15(10-17)9-13-1-2-13/h3-6,9,13,17-18H,1-2,7-8,10-11H2. The third kappa shape index (κ3) is 2.43. The Bertz CT molecular complexity index is 648. The normalized spacial score (nSPS) is 26.7. The van der Waals surface area contributed by atoms with E-state index in [1.807, 2.05) is 0 Å². The van der Waals surface area contributed by atoms with Crippen molar-refractivity contribution in [2.75, 3.05) is 0 Å². The van der Waals surface area contributed by atoms with E-state index in [0.29, 0.717) is 23.2 Å². The van der Waals surface area contributed by atoms with E-state index in [4.69, 9.17) is 5.26 Å². The van der Waals surface area contributed by atoms with Crippen molar-refractivity contribution >= 4 is 5.91 Å². The van der Waals surface area contributed by atoms with Gasteiger partial charge in [-0.15, -0.1) is 0 Å². The van der Waals surface area contributed by atoms with Crippen LogP contribution in [-0.4, -0.2) is 22.9 Å². The molecule has 4 rings (SSSR count). The van der Waals surface area contributed by atoms with Gasteiger partial charge in [0.05, 0.1) is 11.6 Å². The maximum atomic E-state index is 12.8. The highest BCUT2D eigenvalue weighted by Gasteiger charge is 2.41. The first kappa shape index (κ1) is 13.6. The Hall–Kier alpha value is -2.08. The number of carbonyl (C=O) groups excluding carboxylic acids is 1. The third-order valence-corrected chi connectivity index (χ3v) is 5.20. The Labute approximate surface area is 131 Å². The average molecular weight is 292 g/mol. The molecule has 3 nitrogen and oxygen atoms in total. The summed E-state index contributed by atoms with van der Waals surface area (Å²) in [6, 6.07) is 9.91. The zero-order valence-corrected chi connectivity index (χ0v) is 12.7. The van der Waals surface area contributed by atoms with Gasteiger partial charge in [-0.3, -0.25) is 4.79 Å². The molecule has 1 aliphatic carbocycles. The van der Waals surface area contributed by atoms with Crippen LogP contribution in [0.15, 0.2) is 35.9 Å². The minimum absolute atomic E-state index is 0.141. The van der Waals surface area contributed by atoms with Gasteiger partial charge in [0.15, 0.2) is 0 Å². The summed E-state index contributed by atoms with van der Waals surface area (Å²) in [7, 11) is 0. The van der Waals surface area contributed by atoms with Crippen molar-refractivity contribution in [2.24, 2.45) is 5.92 Å². The average Bonchev–Trinajstić information content (AvgIpc) is 3.31. The number of allylic oxidation sites excluding steroid dienone is 1. The Kier molecular flexibility index (Phi) is 3.26. The Morgan fingerprint density at radius 2 is 1.73 bits per heavy atom. The van der Waals surface area contributed by atoms with Gasteiger partial charge in [-0.1, -0.05) is 11.6 Å². The van der Waals surface area contributed by atoms with Gasteiger partial charge in [0.1, 0.15) is 0 Å². The van der Waals surface area contributed by atoms with E-state index in [1.165, 1.54) is 12.8 Å². The van der Waals surface area contributed by atoms with Crippen molar-refractivity contribution in [3.05, 3.63) is 47.0 Å². The molecule has 2 atom stereocenters. The fourth-order valence-corrected chi connectivity index (χ4v) is 3.95. The summed E-state index contributed by atoms with van der Waals surface area (Å²) < 4.78 is 0. The SMILES string of the molecule is N#Cc1ccc(C(=O)N2C3CCC2CC(=CC2CC2)C3)cc1. The zero-order valence-electron chi connectivity index (χ0n) is 12.7. The highest BCUT2D eigenvalue weighted by atomic mass is 16.2. The van der Waals surface area contributed by atoms with Gasteiger partial charge in [-0.05, 0) is 68.7 Å². The molecule has 2 bridgehead atoms. The lowest BCUT2D eigenvalue weighted by Crippen LogP contribution is -2.44. The Morgan fingerprint density at radius 1 is 1.09 bits per heavy atom. The van der Waals surface area contributed by atoms with Crippen LogP contribution >= 0.6 is 0 Å². The molecule has 3 heteroatoms. The van der Waals surface area contributed by atoms with Crippen LogP contribution in [0.25, 0.3) is 0 Å². The van der Waals surface area contributed by atoms with E-state index >= 15 is 0 Å². The van der Waals surface area contributed by atoms with Crippen molar-refractivity contribution in [1.29, 1.82) is 5.26 Å². The van der Waals surface area contributed by atoms with Gasteiger partial charge >= 0.3 is 0 Å². The fraction of sp³-hybridized carbons (Fsp3) is 0.474. The van der Waals surface area contributed by atoms with Crippen molar-refractivity contribution < 1.29 is 4.79 Å². The van der Waals surface area contributed by atoms with Gasteiger partial charge in [-0.2, -0.15) is 5.26 Å². The van der Waals surface area contributed by atoms with Crippen LogP contribution < -0.4 is 0 Å². The monoisotopic (exact) mass is 292 g/mol. The predicted molar refractivity (Wildman–Crippen MR) is 84.2 cm³/mol. The van der Waals surface area contributed by atoms with E-state index < -0.39 is 0 Å². The molecule has 1 amide bonds. The molecule has 1 saturated carbocycles. The van der Waals surface area contributed by atoms with Crippen LogP contribution in [0.3, 0.4) is 0 Å². The number of benzene rings is 1. The quantitative estimate of drug-likeness (QED) is 0.781. The molecule has 0 spiro atoms. The largest absolute Gasteiger partial charge is 0.332 e. The number of hydrogen-bond donors (Lipinski definition) is 0. The molecule has 2 aliphatic heterocycles. The Balaban J connectivity index is 1.53. The molecule has 1 aromatic carbocycles. The minimum atomic E-state index is 0.141. The van der Waals surface area contributed by atoms with E-state index in [-0.39, 0.29) is 5.91 Å². The number of hydrogen-bond acceptors (Lipinski definition) is 2. The first-order valence-electron chi connectivity index (χ1n) is 8.27. The van der Waals surface area contributed by atoms with Crippen LogP contribution in [0.2, 0.25) is 0 Å². The fourth-order valence-electron chi connectivity index (χ4n) is 3.95.